The zero-order valence-corrected chi connectivity index (χ0v) is 5.66. The Morgan fingerprint density at radius 3 is 3.10 bits per heavy atom. The van der Waals surface area contributed by atoms with Crippen molar-refractivity contribution in [2.45, 2.75) is 6.42 Å². The van der Waals surface area contributed by atoms with Gasteiger partial charge in [-0.2, -0.15) is 0 Å². The van der Waals surface area contributed by atoms with Crippen LogP contribution in [-0.2, 0) is 0 Å². The summed E-state index contributed by atoms with van der Waals surface area (Å²) in [6.45, 7) is 0.192. The van der Waals surface area contributed by atoms with Crippen LogP contribution in [0.5, 0.6) is 0 Å². The van der Waals surface area contributed by atoms with E-state index in [9.17, 15) is 0 Å². The summed E-state index contributed by atoms with van der Waals surface area (Å²) in [6, 6.07) is 3.70. The maximum Gasteiger partial charge on any atom is 0.126 e. The second-order valence-electron chi connectivity index (χ2n) is 1.93. The molecule has 0 spiro atoms. The standard InChI is InChI=1S/C8H10O2/c9-6-2-1-4-8-5-3-7-10-8/h1,3-5,7,9H,2,6H2/b4-1+. The van der Waals surface area contributed by atoms with E-state index in [-0.39, 0.29) is 6.61 Å². The summed E-state index contributed by atoms with van der Waals surface area (Å²) in [5.41, 5.74) is 0. The van der Waals surface area contributed by atoms with Crippen LogP contribution in [-0.4, -0.2) is 11.7 Å². The molecule has 0 radical (unpaired) electrons. The van der Waals surface area contributed by atoms with Crippen LogP contribution < -0.4 is 0 Å². The largest absolute Gasteiger partial charge is 0.465 e. The van der Waals surface area contributed by atoms with Crippen molar-refractivity contribution < 1.29 is 9.52 Å². The Labute approximate surface area is 59.8 Å². The van der Waals surface area contributed by atoms with Gasteiger partial charge in [0.05, 0.1) is 6.26 Å². The molecule has 2 heteroatoms. The average molecular weight is 138 g/mol. The Morgan fingerprint density at radius 2 is 2.50 bits per heavy atom. The molecular formula is C8H10O2. The normalized spacial score (nSPS) is 10.9. The van der Waals surface area contributed by atoms with E-state index in [2.05, 4.69) is 0 Å². The van der Waals surface area contributed by atoms with Gasteiger partial charge in [0, 0.05) is 6.61 Å². The van der Waals surface area contributed by atoms with Crippen molar-refractivity contribution in [3.8, 4) is 0 Å². The fourth-order valence-corrected chi connectivity index (χ4v) is 0.660. The van der Waals surface area contributed by atoms with Crippen molar-refractivity contribution in [1.29, 1.82) is 0 Å². The molecule has 1 N–H and O–H groups in total. The van der Waals surface area contributed by atoms with Gasteiger partial charge in [0.25, 0.3) is 0 Å². The molecule has 1 rings (SSSR count). The molecule has 0 aliphatic carbocycles. The van der Waals surface area contributed by atoms with Gasteiger partial charge in [0.15, 0.2) is 0 Å². The summed E-state index contributed by atoms with van der Waals surface area (Å²) in [5, 5.41) is 8.41. The predicted octanol–water partition coefficient (Wildman–Crippen LogP) is 1.68. The number of rotatable bonds is 3. The molecule has 10 heavy (non-hydrogen) atoms. The molecule has 1 aromatic rings. The Bertz CT molecular complexity index is 187. The number of hydrogen-bond donors (Lipinski definition) is 1. The zero-order valence-electron chi connectivity index (χ0n) is 5.66. The second kappa shape index (κ2) is 3.90. The van der Waals surface area contributed by atoms with Gasteiger partial charge in [-0.25, -0.2) is 0 Å². The first kappa shape index (κ1) is 7.09. The van der Waals surface area contributed by atoms with E-state index in [1.807, 2.05) is 24.3 Å². The smallest absolute Gasteiger partial charge is 0.126 e. The topological polar surface area (TPSA) is 33.4 Å². The molecule has 0 aromatic carbocycles. The van der Waals surface area contributed by atoms with Crippen molar-refractivity contribution in [1.82, 2.24) is 0 Å². The van der Waals surface area contributed by atoms with Crippen LogP contribution in [0, 0.1) is 0 Å². The van der Waals surface area contributed by atoms with Gasteiger partial charge in [-0.05, 0) is 24.6 Å². The molecule has 0 aliphatic heterocycles. The first-order valence-corrected chi connectivity index (χ1v) is 3.24. The highest BCUT2D eigenvalue weighted by Gasteiger charge is 1.84. The lowest BCUT2D eigenvalue weighted by Gasteiger charge is -1.82. The molecule has 1 heterocycles. The highest BCUT2D eigenvalue weighted by atomic mass is 16.3. The SMILES string of the molecule is OCC/C=C/c1ccco1. The molecule has 0 saturated heterocycles. The Hall–Kier alpha value is -1.02. The van der Waals surface area contributed by atoms with Crippen molar-refractivity contribution in [3.63, 3.8) is 0 Å². The first-order valence-electron chi connectivity index (χ1n) is 3.24. The molecule has 54 valence electrons. The van der Waals surface area contributed by atoms with E-state index < -0.39 is 0 Å². The maximum atomic E-state index is 8.41. The lowest BCUT2D eigenvalue weighted by molar-refractivity contribution is 0.303. The minimum atomic E-state index is 0.192. The third kappa shape index (κ3) is 2.07. The summed E-state index contributed by atoms with van der Waals surface area (Å²) in [5.74, 6) is 0.827. The number of aliphatic hydroxyl groups is 1. The quantitative estimate of drug-likeness (QED) is 0.689. The van der Waals surface area contributed by atoms with Crippen LogP contribution in [0.15, 0.2) is 28.9 Å². The number of aliphatic hydroxyl groups excluding tert-OH is 1. The third-order valence-corrected chi connectivity index (χ3v) is 1.12. The predicted molar refractivity (Wildman–Crippen MR) is 39.4 cm³/mol. The molecule has 0 saturated carbocycles. The van der Waals surface area contributed by atoms with Crippen LogP contribution in [0.2, 0.25) is 0 Å². The number of furan rings is 1. The van der Waals surface area contributed by atoms with E-state index in [0.717, 1.165) is 5.76 Å². The van der Waals surface area contributed by atoms with Gasteiger partial charge in [-0.15, -0.1) is 0 Å². The van der Waals surface area contributed by atoms with Gasteiger partial charge in [-0.1, -0.05) is 6.08 Å². The fraction of sp³-hybridized carbons (Fsp3) is 0.250. The van der Waals surface area contributed by atoms with Crippen LogP contribution >= 0.6 is 0 Å². The van der Waals surface area contributed by atoms with Crippen LogP contribution in [0.4, 0.5) is 0 Å². The molecular weight excluding hydrogens is 128 g/mol. The van der Waals surface area contributed by atoms with E-state index in [0.29, 0.717) is 6.42 Å². The highest BCUT2D eigenvalue weighted by molar-refractivity contribution is 5.41. The van der Waals surface area contributed by atoms with E-state index in [1.54, 1.807) is 6.26 Å². The van der Waals surface area contributed by atoms with Crippen molar-refractivity contribution in [3.05, 3.63) is 30.2 Å². The Balaban J connectivity index is 2.40. The van der Waals surface area contributed by atoms with Crippen molar-refractivity contribution in [2.24, 2.45) is 0 Å². The summed E-state index contributed by atoms with van der Waals surface area (Å²) in [4.78, 5) is 0. The molecule has 0 amide bonds. The van der Waals surface area contributed by atoms with Crippen LogP contribution in [0.1, 0.15) is 12.2 Å². The molecule has 2 nitrogen and oxygen atoms in total. The van der Waals surface area contributed by atoms with Gasteiger partial charge in [0.1, 0.15) is 5.76 Å². The van der Waals surface area contributed by atoms with Crippen LogP contribution in [0.25, 0.3) is 6.08 Å². The van der Waals surface area contributed by atoms with Crippen molar-refractivity contribution >= 4 is 6.08 Å². The van der Waals surface area contributed by atoms with Crippen LogP contribution in [0.3, 0.4) is 0 Å². The van der Waals surface area contributed by atoms with Gasteiger partial charge < -0.3 is 9.52 Å². The van der Waals surface area contributed by atoms with Gasteiger partial charge in [-0.3, -0.25) is 0 Å². The molecule has 0 aliphatic rings. The molecule has 1 aromatic heterocycles. The third-order valence-electron chi connectivity index (χ3n) is 1.12. The van der Waals surface area contributed by atoms with E-state index >= 15 is 0 Å². The molecule has 0 bridgehead atoms. The summed E-state index contributed by atoms with van der Waals surface area (Å²) >= 11 is 0. The zero-order chi connectivity index (χ0) is 7.23. The second-order valence-corrected chi connectivity index (χ2v) is 1.93. The van der Waals surface area contributed by atoms with Gasteiger partial charge >= 0.3 is 0 Å². The minimum absolute atomic E-state index is 0.192. The Morgan fingerprint density at radius 1 is 1.60 bits per heavy atom. The fourth-order valence-electron chi connectivity index (χ4n) is 0.660. The first-order chi connectivity index (χ1) is 4.93. The minimum Gasteiger partial charge on any atom is -0.465 e. The molecule has 0 unspecified atom stereocenters. The average Bonchev–Trinajstić information content (AvgIpc) is 2.41. The summed E-state index contributed by atoms with van der Waals surface area (Å²) in [6.07, 6.45) is 6.02. The maximum absolute atomic E-state index is 8.41. The number of hydrogen-bond acceptors (Lipinski definition) is 2. The molecule has 0 atom stereocenters. The highest BCUT2D eigenvalue weighted by Crippen LogP contribution is 2.02. The summed E-state index contributed by atoms with van der Waals surface area (Å²) in [7, 11) is 0. The lowest BCUT2D eigenvalue weighted by Crippen LogP contribution is -1.74. The van der Waals surface area contributed by atoms with E-state index in [1.165, 1.54) is 0 Å². The lowest BCUT2D eigenvalue weighted by atomic mass is 10.3. The van der Waals surface area contributed by atoms with Crippen molar-refractivity contribution in [2.75, 3.05) is 6.61 Å². The molecule has 0 fully saturated rings. The summed E-state index contributed by atoms with van der Waals surface area (Å²) < 4.78 is 5.01. The monoisotopic (exact) mass is 138 g/mol. The Kier molecular flexibility index (Phi) is 2.77. The van der Waals surface area contributed by atoms with Gasteiger partial charge in [0.2, 0.25) is 0 Å². The van der Waals surface area contributed by atoms with E-state index in [4.69, 9.17) is 9.52 Å².